The molecule has 0 aromatic heterocycles. The lowest BCUT2D eigenvalue weighted by Crippen LogP contribution is -2.16. The second kappa shape index (κ2) is 4.19. The van der Waals surface area contributed by atoms with E-state index in [1.54, 1.807) is 13.2 Å². The lowest BCUT2D eigenvalue weighted by molar-refractivity contribution is 0.407. The van der Waals surface area contributed by atoms with Gasteiger partial charge in [-0.25, -0.2) is 4.39 Å². The Bertz CT molecular complexity index is 359. The van der Waals surface area contributed by atoms with Crippen molar-refractivity contribution in [2.24, 2.45) is 0 Å². The van der Waals surface area contributed by atoms with Gasteiger partial charge >= 0.3 is 0 Å². The summed E-state index contributed by atoms with van der Waals surface area (Å²) in [6.45, 7) is 2.89. The molecule has 0 saturated carbocycles. The van der Waals surface area contributed by atoms with Gasteiger partial charge in [-0.05, 0) is 44.0 Å². The SMILES string of the molecule is COc1ccc(F)c(C2CCCN2)c1C. The summed E-state index contributed by atoms with van der Waals surface area (Å²) in [5, 5.41) is 3.31. The van der Waals surface area contributed by atoms with Gasteiger partial charge in [-0.15, -0.1) is 0 Å². The molecule has 1 N–H and O–H groups in total. The van der Waals surface area contributed by atoms with Gasteiger partial charge in [-0.2, -0.15) is 0 Å². The van der Waals surface area contributed by atoms with E-state index in [4.69, 9.17) is 4.74 Å². The summed E-state index contributed by atoms with van der Waals surface area (Å²) in [5.41, 5.74) is 1.68. The van der Waals surface area contributed by atoms with Crippen LogP contribution in [0, 0.1) is 12.7 Å². The quantitative estimate of drug-likeness (QED) is 0.808. The summed E-state index contributed by atoms with van der Waals surface area (Å²) in [4.78, 5) is 0. The maximum atomic E-state index is 13.7. The number of nitrogens with one attached hydrogen (secondary N) is 1. The molecule has 1 heterocycles. The highest BCUT2D eigenvalue weighted by Gasteiger charge is 2.22. The summed E-state index contributed by atoms with van der Waals surface area (Å²) < 4.78 is 18.9. The molecule has 1 unspecified atom stereocenters. The number of hydrogen-bond donors (Lipinski definition) is 1. The zero-order valence-corrected chi connectivity index (χ0v) is 9.14. The van der Waals surface area contributed by atoms with Crippen molar-refractivity contribution in [3.05, 3.63) is 29.1 Å². The Balaban J connectivity index is 2.43. The van der Waals surface area contributed by atoms with E-state index in [0.29, 0.717) is 0 Å². The maximum absolute atomic E-state index is 13.7. The summed E-state index contributed by atoms with van der Waals surface area (Å²) in [5.74, 6) is 0.632. The Labute approximate surface area is 89.4 Å². The van der Waals surface area contributed by atoms with E-state index in [1.807, 2.05) is 6.92 Å². The third-order valence-electron chi connectivity index (χ3n) is 3.04. The molecule has 15 heavy (non-hydrogen) atoms. The molecule has 2 rings (SSSR count). The molecule has 0 spiro atoms. The minimum Gasteiger partial charge on any atom is -0.496 e. The first-order valence-electron chi connectivity index (χ1n) is 5.30. The highest BCUT2D eigenvalue weighted by atomic mass is 19.1. The first-order valence-corrected chi connectivity index (χ1v) is 5.30. The third kappa shape index (κ3) is 1.84. The van der Waals surface area contributed by atoms with Crippen molar-refractivity contribution >= 4 is 0 Å². The number of hydrogen-bond acceptors (Lipinski definition) is 2. The van der Waals surface area contributed by atoms with Crippen molar-refractivity contribution in [2.45, 2.75) is 25.8 Å². The highest BCUT2D eigenvalue weighted by Crippen LogP contribution is 2.32. The fourth-order valence-electron chi connectivity index (χ4n) is 2.26. The lowest BCUT2D eigenvalue weighted by Gasteiger charge is -2.17. The first kappa shape index (κ1) is 10.4. The predicted octanol–water partition coefficient (Wildman–Crippen LogP) is 2.57. The van der Waals surface area contributed by atoms with E-state index >= 15 is 0 Å². The van der Waals surface area contributed by atoms with E-state index < -0.39 is 0 Å². The smallest absolute Gasteiger partial charge is 0.128 e. The van der Waals surface area contributed by atoms with Gasteiger partial charge in [0.2, 0.25) is 0 Å². The first-order chi connectivity index (χ1) is 7.24. The molecule has 0 bridgehead atoms. The van der Waals surface area contributed by atoms with Crippen molar-refractivity contribution in [1.82, 2.24) is 5.32 Å². The van der Waals surface area contributed by atoms with Gasteiger partial charge in [-0.1, -0.05) is 0 Å². The molecule has 3 heteroatoms. The number of benzene rings is 1. The van der Waals surface area contributed by atoms with Crippen LogP contribution < -0.4 is 10.1 Å². The van der Waals surface area contributed by atoms with Crippen molar-refractivity contribution < 1.29 is 9.13 Å². The average molecular weight is 209 g/mol. The largest absolute Gasteiger partial charge is 0.496 e. The zero-order valence-electron chi connectivity index (χ0n) is 9.14. The molecule has 1 aliphatic rings. The van der Waals surface area contributed by atoms with Gasteiger partial charge in [-0.3, -0.25) is 0 Å². The highest BCUT2D eigenvalue weighted by molar-refractivity contribution is 5.42. The van der Waals surface area contributed by atoms with Crippen LogP contribution in [0.2, 0.25) is 0 Å². The van der Waals surface area contributed by atoms with E-state index in [2.05, 4.69) is 5.32 Å². The normalized spacial score (nSPS) is 20.6. The van der Waals surface area contributed by atoms with E-state index in [-0.39, 0.29) is 11.9 Å². The van der Waals surface area contributed by atoms with Crippen LogP contribution in [0.25, 0.3) is 0 Å². The second-order valence-corrected chi connectivity index (χ2v) is 3.94. The molecule has 1 atom stereocenters. The van der Waals surface area contributed by atoms with E-state index in [9.17, 15) is 4.39 Å². The van der Waals surface area contributed by atoms with Crippen LogP contribution in [-0.4, -0.2) is 13.7 Å². The average Bonchev–Trinajstić information content (AvgIpc) is 2.71. The molecular weight excluding hydrogens is 193 g/mol. The minimum absolute atomic E-state index is 0.132. The Morgan fingerprint density at radius 2 is 2.27 bits per heavy atom. The predicted molar refractivity (Wildman–Crippen MR) is 57.7 cm³/mol. The van der Waals surface area contributed by atoms with Gasteiger partial charge in [0.05, 0.1) is 7.11 Å². The minimum atomic E-state index is -0.132. The Morgan fingerprint density at radius 3 is 2.87 bits per heavy atom. The third-order valence-corrected chi connectivity index (χ3v) is 3.04. The van der Waals surface area contributed by atoms with Crippen LogP contribution >= 0.6 is 0 Å². The second-order valence-electron chi connectivity index (χ2n) is 3.94. The van der Waals surface area contributed by atoms with Gasteiger partial charge in [0.15, 0.2) is 0 Å². The van der Waals surface area contributed by atoms with Crippen LogP contribution in [0.3, 0.4) is 0 Å². The van der Waals surface area contributed by atoms with Gasteiger partial charge < -0.3 is 10.1 Å². The number of halogens is 1. The molecule has 1 aromatic rings. The summed E-state index contributed by atoms with van der Waals surface area (Å²) >= 11 is 0. The van der Waals surface area contributed by atoms with Crippen LogP contribution in [0.1, 0.15) is 30.0 Å². The number of rotatable bonds is 2. The van der Waals surface area contributed by atoms with Gasteiger partial charge in [0.1, 0.15) is 11.6 Å². The molecule has 0 amide bonds. The number of ether oxygens (including phenoxy) is 1. The Morgan fingerprint density at radius 1 is 1.47 bits per heavy atom. The van der Waals surface area contributed by atoms with Crippen molar-refractivity contribution in [3.63, 3.8) is 0 Å². The van der Waals surface area contributed by atoms with Gasteiger partial charge in [0.25, 0.3) is 0 Å². The molecular formula is C12H16FNO. The van der Waals surface area contributed by atoms with Crippen molar-refractivity contribution in [2.75, 3.05) is 13.7 Å². The lowest BCUT2D eigenvalue weighted by atomic mass is 9.98. The standard InChI is InChI=1S/C12H16FNO/c1-8-11(15-2)6-5-9(13)12(8)10-4-3-7-14-10/h5-6,10,14H,3-4,7H2,1-2H3. The van der Waals surface area contributed by atoms with Crippen LogP contribution in [-0.2, 0) is 0 Å². The topological polar surface area (TPSA) is 21.3 Å². The van der Waals surface area contributed by atoms with Crippen LogP contribution in [0.15, 0.2) is 12.1 Å². The van der Waals surface area contributed by atoms with E-state index in [0.717, 1.165) is 36.3 Å². The molecule has 2 nitrogen and oxygen atoms in total. The molecule has 0 radical (unpaired) electrons. The van der Waals surface area contributed by atoms with Crippen molar-refractivity contribution in [1.29, 1.82) is 0 Å². The summed E-state index contributed by atoms with van der Waals surface area (Å²) in [6.07, 6.45) is 2.12. The molecule has 1 aliphatic heterocycles. The Kier molecular flexibility index (Phi) is 2.91. The maximum Gasteiger partial charge on any atom is 0.128 e. The molecule has 82 valence electrons. The van der Waals surface area contributed by atoms with Gasteiger partial charge in [0, 0.05) is 11.6 Å². The fraction of sp³-hybridized carbons (Fsp3) is 0.500. The van der Waals surface area contributed by atoms with Crippen molar-refractivity contribution in [3.8, 4) is 5.75 Å². The fourth-order valence-corrected chi connectivity index (χ4v) is 2.26. The van der Waals surface area contributed by atoms with Crippen LogP contribution in [0.4, 0.5) is 4.39 Å². The molecule has 0 aliphatic carbocycles. The summed E-state index contributed by atoms with van der Waals surface area (Å²) in [7, 11) is 1.62. The number of methoxy groups -OCH3 is 1. The monoisotopic (exact) mass is 209 g/mol. The molecule has 1 aromatic carbocycles. The molecule has 1 fully saturated rings. The van der Waals surface area contributed by atoms with E-state index in [1.165, 1.54) is 6.07 Å². The zero-order chi connectivity index (χ0) is 10.8. The summed E-state index contributed by atoms with van der Waals surface area (Å²) in [6, 6.07) is 3.32. The Hall–Kier alpha value is -1.09. The van der Waals surface area contributed by atoms with Crippen LogP contribution in [0.5, 0.6) is 5.75 Å². The molecule has 1 saturated heterocycles.